The fourth-order valence-corrected chi connectivity index (χ4v) is 2.76. The number of carbonyl (C=O) groups is 2. The third-order valence-electron chi connectivity index (χ3n) is 4.37. The summed E-state index contributed by atoms with van der Waals surface area (Å²) < 4.78 is 5.30. The van der Waals surface area contributed by atoms with Crippen molar-refractivity contribution < 1.29 is 14.3 Å². The lowest BCUT2D eigenvalue weighted by atomic mass is 9.84. The number of nitrogens with one attached hydrogen (secondary N) is 1. The monoisotopic (exact) mass is 312 g/mol. The van der Waals surface area contributed by atoms with Gasteiger partial charge in [0.15, 0.2) is 0 Å². The van der Waals surface area contributed by atoms with E-state index in [1.165, 1.54) is 37.0 Å². The molecule has 2 atom stereocenters. The molecule has 128 valence electrons. The number of hydrogen-bond donors (Lipinski definition) is 1. The lowest BCUT2D eigenvalue weighted by molar-refractivity contribution is -0.126. The molecule has 1 N–H and O–H groups in total. The van der Waals surface area contributed by atoms with E-state index in [1.807, 2.05) is 20.8 Å². The molecule has 0 heterocycles. The van der Waals surface area contributed by atoms with Crippen molar-refractivity contribution in [2.75, 3.05) is 7.05 Å². The van der Waals surface area contributed by atoms with E-state index < -0.39 is 17.7 Å². The van der Waals surface area contributed by atoms with Crippen LogP contribution in [-0.2, 0) is 9.53 Å². The van der Waals surface area contributed by atoms with Crippen LogP contribution in [0.15, 0.2) is 0 Å². The van der Waals surface area contributed by atoms with Crippen molar-refractivity contribution >= 4 is 12.0 Å². The Morgan fingerprint density at radius 3 is 2.18 bits per heavy atom. The average molecular weight is 312 g/mol. The van der Waals surface area contributed by atoms with Gasteiger partial charge in [-0.2, -0.15) is 0 Å². The Labute approximate surface area is 134 Å². The standard InChI is InChI=1S/C17H32N2O3/c1-12(14-10-8-7-9-11-14)18-15(20)13(2)19(6)16(21)22-17(3,4)5/h12-14H,7-11H2,1-6H3,(H,18,20). The van der Waals surface area contributed by atoms with Gasteiger partial charge in [0.25, 0.3) is 0 Å². The maximum Gasteiger partial charge on any atom is 0.410 e. The molecule has 5 heteroatoms. The van der Waals surface area contributed by atoms with Crippen LogP contribution >= 0.6 is 0 Å². The first kappa shape index (κ1) is 18.8. The van der Waals surface area contributed by atoms with Gasteiger partial charge in [-0.1, -0.05) is 19.3 Å². The highest BCUT2D eigenvalue weighted by molar-refractivity contribution is 5.85. The van der Waals surface area contributed by atoms with E-state index in [0.717, 1.165) is 0 Å². The summed E-state index contributed by atoms with van der Waals surface area (Å²) in [4.78, 5) is 25.7. The van der Waals surface area contributed by atoms with E-state index in [2.05, 4.69) is 12.2 Å². The third kappa shape index (κ3) is 5.85. The van der Waals surface area contributed by atoms with Crippen LogP contribution in [0.2, 0.25) is 0 Å². The number of likely N-dealkylation sites (N-methyl/N-ethyl adjacent to an activating group) is 1. The molecule has 0 aromatic carbocycles. The highest BCUT2D eigenvalue weighted by Crippen LogP contribution is 2.26. The minimum absolute atomic E-state index is 0.119. The van der Waals surface area contributed by atoms with E-state index >= 15 is 0 Å². The Kier molecular flexibility index (Phi) is 6.69. The summed E-state index contributed by atoms with van der Waals surface area (Å²) in [6.45, 7) is 9.23. The number of nitrogens with zero attached hydrogens (tertiary/aromatic N) is 1. The van der Waals surface area contributed by atoms with Crippen molar-refractivity contribution in [3.05, 3.63) is 0 Å². The summed E-state index contributed by atoms with van der Waals surface area (Å²) in [6, 6.07) is -0.386. The first-order valence-corrected chi connectivity index (χ1v) is 8.38. The van der Waals surface area contributed by atoms with Gasteiger partial charge in [0, 0.05) is 13.1 Å². The molecule has 2 amide bonds. The summed E-state index contributed by atoms with van der Waals surface area (Å²) in [7, 11) is 1.60. The number of hydrogen-bond acceptors (Lipinski definition) is 3. The van der Waals surface area contributed by atoms with E-state index in [1.54, 1.807) is 14.0 Å². The lowest BCUT2D eigenvalue weighted by Gasteiger charge is -2.31. The molecule has 1 saturated carbocycles. The summed E-state index contributed by atoms with van der Waals surface area (Å²) in [5.41, 5.74) is -0.559. The van der Waals surface area contributed by atoms with Gasteiger partial charge < -0.3 is 10.1 Å². The van der Waals surface area contributed by atoms with Gasteiger partial charge in [-0.15, -0.1) is 0 Å². The van der Waals surface area contributed by atoms with Gasteiger partial charge in [0.1, 0.15) is 11.6 Å². The third-order valence-corrected chi connectivity index (χ3v) is 4.37. The van der Waals surface area contributed by atoms with Crippen molar-refractivity contribution in [2.24, 2.45) is 5.92 Å². The van der Waals surface area contributed by atoms with Gasteiger partial charge in [0.05, 0.1) is 0 Å². The zero-order valence-electron chi connectivity index (χ0n) is 14.9. The van der Waals surface area contributed by atoms with Gasteiger partial charge in [-0.05, 0) is 53.4 Å². The zero-order chi connectivity index (χ0) is 16.9. The molecule has 1 fully saturated rings. The Bertz CT molecular complexity index is 384. The van der Waals surface area contributed by atoms with Gasteiger partial charge in [-0.25, -0.2) is 4.79 Å². The Hall–Kier alpha value is -1.26. The summed E-state index contributed by atoms with van der Waals surface area (Å²) >= 11 is 0. The van der Waals surface area contributed by atoms with Crippen LogP contribution in [0, 0.1) is 5.92 Å². The minimum Gasteiger partial charge on any atom is -0.444 e. The molecule has 0 radical (unpaired) electrons. The van der Waals surface area contributed by atoms with Crippen molar-refractivity contribution in [3.63, 3.8) is 0 Å². The molecular weight excluding hydrogens is 280 g/mol. The summed E-state index contributed by atoms with van der Waals surface area (Å²) in [5, 5.41) is 3.06. The first-order valence-electron chi connectivity index (χ1n) is 8.38. The molecule has 0 aromatic heterocycles. The van der Waals surface area contributed by atoms with Gasteiger partial charge in [0.2, 0.25) is 5.91 Å². The molecule has 5 nitrogen and oxygen atoms in total. The molecular formula is C17H32N2O3. The van der Waals surface area contributed by atoms with E-state index in [4.69, 9.17) is 4.74 Å². The summed E-state index contributed by atoms with van der Waals surface area (Å²) in [5.74, 6) is 0.433. The van der Waals surface area contributed by atoms with Gasteiger partial charge >= 0.3 is 6.09 Å². The fourth-order valence-electron chi connectivity index (χ4n) is 2.76. The minimum atomic E-state index is -0.559. The second-order valence-electron chi connectivity index (χ2n) is 7.46. The van der Waals surface area contributed by atoms with E-state index in [-0.39, 0.29) is 11.9 Å². The van der Waals surface area contributed by atoms with Crippen LogP contribution in [0.3, 0.4) is 0 Å². The quantitative estimate of drug-likeness (QED) is 0.866. The fraction of sp³-hybridized carbons (Fsp3) is 0.882. The molecule has 0 aromatic rings. The van der Waals surface area contributed by atoms with E-state index in [9.17, 15) is 9.59 Å². The van der Waals surface area contributed by atoms with Crippen LogP contribution in [0.4, 0.5) is 4.79 Å². The molecule has 0 bridgehead atoms. The maximum absolute atomic E-state index is 12.3. The SMILES string of the molecule is CC(NC(=O)C(C)N(C)C(=O)OC(C)(C)C)C1CCCCC1. The van der Waals surface area contributed by atoms with Crippen LogP contribution < -0.4 is 5.32 Å². The van der Waals surface area contributed by atoms with Crippen LogP contribution in [0.25, 0.3) is 0 Å². The molecule has 0 spiro atoms. The zero-order valence-corrected chi connectivity index (χ0v) is 14.9. The van der Waals surface area contributed by atoms with Crippen LogP contribution in [0.1, 0.15) is 66.7 Å². The van der Waals surface area contributed by atoms with Crippen molar-refractivity contribution in [3.8, 4) is 0 Å². The number of ether oxygens (including phenoxy) is 1. The molecule has 2 unspecified atom stereocenters. The molecule has 1 rings (SSSR count). The Morgan fingerprint density at radius 1 is 1.14 bits per heavy atom. The lowest BCUT2D eigenvalue weighted by Crippen LogP contribution is -2.50. The predicted octanol–water partition coefficient (Wildman–Crippen LogP) is 3.33. The van der Waals surface area contributed by atoms with Crippen LogP contribution in [-0.4, -0.2) is 41.6 Å². The number of carbonyl (C=O) groups excluding carboxylic acids is 2. The van der Waals surface area contributed by atoms with E-state index in [0.29, 0.717) is 5.92 Å². The maximum atomic E-state index is 12.3. The normalized spacial score (nSPS) is 19.2. The predicted molar refractivity (Wildman–Crippen MR) is 87.6 cm³/mol. The van der Waals surface area contributed by atoms with Gasteiger partial charge in [-0.3, -0.25) is 9.69 Å². The van der Waals surface area contributed by atoms with Crippen molar-refractivity contribution in [1.29, 1.82) is 0 Å². The van der Waals surface area contributed by atoms with Crippen LogP contribution in [0.5, 0.6) is 0 Å². The molecule has 22 heavy (non-hydrogen) atoms. The number of rotatable bonds is 4. The largest absolute Gasteiger partial charge is 0.444 e. The molecule has 0 aliphatic heterocycles. The Morgan fingerprint density at radius 2 is 1.68 bits per heavy atom. The first-order chi connectivity index (χ1) is 10.1. The number of amides is 2. The van der Waals surface area contributed by atoms with Crippen molar-refractivity contribution in [2.45, 2.75) is 84.4 Å². The second kappa shape index (κ2) is 7.84. The smallest absolute Gasteiger partial charge is 0.410 e. The average Bonchev–Trinajstić information content (AvgIpc) is 2.44. The second-order valence-corrected chi connectivity index (χ2v) is 7.46. The molecule has 1 aliphatic carbocycles. The molecule has 0 saturated heterocycles. The highest BCUT2D eigenvalue weighted by Gasteiger charge is 2.29. The summed E-state index contributed by atoms with van der Waals surface area (Å²) in [6.07, 6.45) is 5.68. The van der Waals surface area contributed by atoms with Crippen molar-refractivity contribution in [1.82, 2.24) is 10.2 Å². The molecule has 1 aliphatic rings. The highest BCUT2D eigenvalue weighted by atomic mass is 16.6. The topological polar surface area (TPSA) is 58.6 Å². The Balaban J connectivity index is 2.50.